The van der Waals surface area contributed by atoms with Crippen LogP contribution in [0.4, 0.5) is 0 Å². The maximum atomic E-state index is 10.8. The van der Waals surface area contributed by atoms with E-state index >= 15 is 0 Å². The van der Waals surface area contributed by atoms with E-state index in [9.17, 15) is 5.11 Å². The highest BCUT2D eigenvalue weighted by Crippen LogP contribution is 2.36. The number of hydrogen-bond acceptors (Lipinski definition) is 2. The Bertz CT molecular complexity index is 542. The van der Waals surface area contributed by atoms with Crippen LogP contribution in [0.3, 0.4) is 0 Å². The highest BCUT2D eigenvalue weighted by molar-refractivity contribution is 5.78. The third-order valence-electron chi connectivity index (χ3n) is 4.06. The molecule has 0 unspecified atom stereocenters. The van der Waals surface area contributed by atoms with Crippen molar-refractivity contribution in [3.63, 3.8) is 0 Å². The van der Waals surface area contributed by atoms with Crippen LogP contribution in [-0.2, 0) is 5.60 Å². The van der Waals surface area contributed by atoms with E-state index in [0.29, 0.717) is 0 Å². The summed E-state index contributed by atoms with van der Waals surface area (Å²) in [5.41, 5.74) is 1.33. The molecule has 0 amide bonds. The molecular formula is C16H19NO. The molecule has 3 rings (SSSR count). The Morgan fingerprint density at radius 2 is 1.72 bits per heavy atom. The van der Waals surface area contributed by atoms with E-state index < -0.39 is 5.60 Å². The molecule has 1 N–H and O–H groups in total. The van der Waals surface area contributed by atoms with Crippen molar-refractivity contribution in [2.45, 2.75) is 44.1 Å². The number of fused-ring (bicyclic) bond motifs is 1. The molecule has 0 radical (unpaired) electrons. The van der Waals surface area contributed by atoms with Crippen molar-refractivity contribution in [3.05, 3.63) is 42.1 Å². The lowest BCUT2D eigenvalue weighted by molar-refractivity contribution is 0.0205. The van der Waals surface area contributed by atoms with Crippen LogP contribution >= 0.6 is 0 Å². The van der Waals surface area contributed by atoms with Gasteiger partial charge in [-0.05, 0) is 25.0 Å². The summed E-state index contributed by atoms with van der Waals surface area (Å²) in [6, 6.07) is 10.2. The first kappa shape index (κ1) is 11.7. The van der Waals surface area contributed by atoms with E-state index in [1.807, 2.05) is 24.4 Å². The Kier molecular flexibility index (Phi) is 3.04. The van der Waals surface area contributed by atoms with Crippen molar-refractivity contribution in [1.29, 1.82) is 0 Å². The van der Waals surface area contributed by atoms with Gasteiger partial charge in [0.15, 0.2) is 0 Å². The lowest BCUT2D eigenvalue weighted by Gasteiger charge is -2.27. The van der Waals surface area contributed by atoms with Crippen LogP contribution in [0, 0.1) is 0 Å². The molecule has 2 aromatic rings. The van der Waals surface area contributed by atoms with E-state index in [0.717, 1.165) is 42.1 Å². The quantitative estimate of drug-likeness (QED) is 0.771. The van der Waals surface area contributed by atoms with E-state index in [4.69, 9.17) is 0 Å². The molecule has 0 bridgehead atoms. The van der Waals surface area contributed by atoms with Crippen molar-refractivity contribution < 1.29 is 5.11 Å². The normalized spacial score (nSPS) is 19.6. The molecule has 1 fully saturated rings. The Balaban J connectivity index is 2.02. The van der Waals surface area contributed by atoms with Gasteiger partial charge in [-0.3, -0.25) is 4.98 Å². The second-order valence-electron chi connectivity index (χ2n) is 5.36. The highest BCUT2D eigenvalue weighted by Gasteiger charge is 2.30. The molecule has 1 aromatic heterocycles. The summed E-state index contributed by atoms with van der Waals surface area (Å²) < 4.78 is 0. The summed E-state index contributed by atoms with van der Waals surface area (Å²) in [6.07, 6.45) is 8.30. The van der Waals surface area contributed by atoms with E-state index in [1.54, 1.807) is 0 Å². The number of hydrogen-bond donors (Lipinski definition) is 1. The van der Waals surface area contributed by atoms with Gasteiger partial charge in [-0.15, -0.1) is 0 Å². The van der Waals surface area contributed by atoms with Crippen LogP contribution in [0.1, 0.15) is 44.1 Å². The van der Waals surface area contributed by atoms with Gasteiger partial charge in [0.05, 0.1) is 11.1 Å². The monoisotopic (exact) mass is 241 g/mol. The zero-order chi connectivity index (χ0) is 12.4. The van der Waals surface area contributed by atoms with Crippen molar-refractivity contribution in [1.82, 2.24) is 4.98 Å². The maximum Gasteiger partial charge on any atom is 0.0911 e. The summed E-state index contributed by atoms with van der Waals surface area (Å²) in [7, 11) is 0. The largest absolute Gasteiger partial charge is 0.385 e. The van der Waals surface area contributed by atoms with Crippen LogP contribution in [0.25, 0.3) is 10.9 Å². The summed E-state index contributed by atoms with van der Waals surface area (Å²) in [4.78, 5) is 4.47. The van der Waals surface area contributed by atoms with Gasteiger partial charge in [-0.1, -0.05) is 43.9 Å². The maximum absolute atomic E-state index is 10.8. The molecular weight excluding hydrogens is 222 g/mol. The molecule has 1 saturated carbocycles. The average molecular weight is 241 g/mol. The summed E-state index contributed by atoms with van der Waals surface area (Å²) in [6.45, 7) is 0. The van der Waals surface area contributed by atoms with Crippen LogP contribution in [0.15, 0.2) is 36.5 Å². The van der Waals surface area contributed by atoms with Crippen molar-refractivity contribution >= 4 is 10.9 Å². The zero-order valence-electron chi connectivity index (χ0n) is 10.6. The van der Waals surface area contributed by atoms with Gasteiger partial charge < -0.3 is 5.11 Å². The van der Waals surface area contributed by atoms with E-state index in [2.05, 4.69) is 17.1 Å². The van der Waals surface area contributed by atoms with Gasteiger partial charge in [-0.25, -0.2) is 0 Å². The molecule has 0 atom stereocenters. The molecule has 1 aromatic carbocycles. The molecule has 1 aliphatic carbocycles. The van der Waals surface area contributed by atoms with E-state index in [1.165, 1.54) is 12.8 Å². The fourth-order valence-corrected chi connectivity index (χ4v) is 2.93. The predicted molar refractivity (Wildman–Crippen MR) is 73.3 cm³/mol. The number of aromatic nitrogens is 1. The number of rotatable bonds is 1. The first-order chi connectivity index (χ1) is 8.78. The Hall–Kier alpha value is -1.41. The Morgan fingerprint density at radius 3 is 2.50 bits per heavy atom. The molecule has 94 valence electrons. The molecule has 2 heteroatoms. The number of benzene rings is 1. The van der Waals surface area contributed by atoms with Crippen molar-refractivity contribution in [3.8, 4) is 0 Å². The number of aliphatic hydroxyl groups is 1. The zero-order valence-corrected chi connectivity index (χ0v) is 10.6. The molecule has 0 spiro atoms. The fraction of sp³-hybridized carbons (Fsp3) is 0.438. The second-order valence-corrected chi connectivity index (χ2v) is 5.36. The first-order valence-corrected chi connectivity index (χ1v) is 6.86. The highest BCUT2D eigenvalue weighted by atomic mass is 16.3. The second kappa shape index (κ2) is 4.69. The van der Waals surface area contributed by atoms with Gasteiger partial charge >= 0.3 is 0 Å². The third kappa shape index (κ3) is 2.13. The fourth-order valence-electron chi connectivity index (χ4n) is 2.93. The number of nitrogens with zero attached hydrogens (tertiary/aromatic N) is 1. The minimum atomic E-state index is -0.659. The molecule has 18 heavy (non-hydrogen) atoms. The molecule has 1 aliphatic rings. The smallest absolute Gasteiger partial charge is 0.0911 e. The topological polar surface area (TPSA) is 33.1 Å². The Morgan fingerprint density at radius 1 is 1.00 bits per heavy atom. The minimum absolute atomic E-state index is 0.659. The summed E-state index contributed by atoms with van der Waals surface area (Å²) >= 11 is 0. The van der Waals surface area contributed by atoms with Crippen LogP contribution in [-0.4, -0.2) is 10.1 Å². The molecule has 0 saturated heterocycles. The lowest BCUT2D eigenvalue weighted by Crippen LogP contribution is -2.24. The van der Waals surface area contributed by atoms with Gasteiger partial charge in [0, 0.05) is 17.1 Å². The van der Waals surface area contributed by atoms with Gasteiger partial charge in [0.2, 0.25) is 0 Å². The van der Waals surface area contributed by atoms with Crippen LogP contribution in [0.2, 0.25) is 0 Å². The molecule has 0 aliphatic heterocycles. The SMILES string of the molecule is OC1(c2cnc3ccccc3c2)CCCCCC1. The van der Waals surface area contributed by atoms with Gasteiger partial charge in [-0.2, -0.15) is 0 Å². The lowest BCUT2D eigenvalue weighted by atomic mass is 9.87. The first-order valence-electron chi connectivity index (χ1n) is 6.86. The predicted octanol–water partition coefficient (Wildman–Crippen LogP) is 3.78. The minimum Gasteiger partial charge on any atom is -0.385 e. The van der Waals surface area contributed by atoms with Gasteiger partial charge in [0.1, 0.15) is 0 Å². The summed E-state index contributed by atoms with van der Waals surface area (Å²) in [5, 5.41) is 12.0. The van der Waals surface area contributed by atoms with Gasteiger partial charge in [0.25, 0.3) is 0 Å². The molecule has 1 heterocycles. The van der Waals surface area contributed by atoms with E-state index in [-0.39, 0.29) is 0 Å². The number of pyridine rings is 1. The average Bonchev–Trinajstić information content (AvgIpc) is 2.64. The van der Waals surface area contributed by atoms with Crippen molar-refractivity contribution in [2.24, 2.45) is 0 Å². The number of para-hydroxylation sites is 1. The Labute approximate surface area is 108 Å². The molecule has 2 nitrogen and oxygen atoms in total. The van der Waals surface area contributed by atoms with Crippen molar-refractivity contribution in [2.75, 3.05) is 0 Å². The third-order valence-corrected chi connectivity index (χ3v) is 4.06. The van der Waals surface area contributed by atoms with Crippen LogP contribution < -0.4 is 0 Å². The summed E-state index contributed by atoms with van der Waals surface area (Å²) in [5.74, 6) is 0. The standard InChI is InChI=1S/C16H19NO/c18-16(9-5-1-2-6-10-16)14-11-13-7-3-4-8-15(13)17-12-14/h3-4,7-8,11-12,18H,1-2,5-6,9-10H2. The van der Waals surface area contributed by atoms with Crippen LogP contribution in [0.5, 0.6) is 0 Å².